The van der Waals surface area contributed by atoms with Crippen molar-refractivity contribution in [2.24, 2.45) is 11.8 Å². The van der Waals surface area contributed by atoms with Gasteiger partial charge in [0.2, 0.25) is 5.91 Å². The number of amides is 1. The van der Waals surface area contributed by atoms with Crippen molar-refractivity contribution in [3.05, 3.63) is 0 Å². The van der Waals surface area contributed by atoms with Gasteiger partial charge in [-0.1, -0.05) is 19.3 Å². The Kier molecular flexibility index (Phi) is 3.46. The number of hydrogen-bond donors (Lipinski definition) is 1. The normalized spacial score (nSPS) is 26.6. The van der Waals surface area contributed by atoms with Crippen LogP contribution in [-0.2, 0) is 9.59 Å². The van der Waals surface area contributed by atoms with Gasteiger partial charge >= 0.3 is 5.97 Å². The zero-order valence-corrected chi connectivity index (χ0v) is 9.52. The van der Waals surface area contributed by atoms with Crippen LogP contribution < -0.4 is 0 Å². The van der Waals surface area contributed by atoms with E-state index in [0.29, 0.717) is 13.0 Å². The number of hydrogen-bond acceptors (Lipinski definition) is 2. The molecule has 0 aromatic heterocycles. The van der Waals surface area contributed by atoms with E-state index < -0.39 is 11.9 Å². The fourth-order valence-corrected chi connectivity index (χ4v) is 2.45. The Hall–Kier alpha value is -1.06. The molecule has 0 bridgehead atoms. The molecular formula is C12H19NO3. The summed E-state index contributed by atoms with van der Waals surface area (Å²) in [7, 11) is 0. The minimum atomic E-state index is -0.827. The molecule has 0 spiro atoms. The molecule has 2 fully saturated rings. The smallest absolute Gasteiger partial charge is 0.307 e. The largest absolute Gasteiger partial charge is 0.481 e. The molecule has 2 rings (SSSR count). The van der Waals surface area contributed by atoms with Crippen LogP contribution in [0.3, 0.4) is 0 Å². The predicted molar refractivity (Wildman–Crippen MR) is 58.9 cm³/mol. The second kappa shape index (κ2) is 4.85. The first-order chi connectivity index (χ1) is 7.66. The molecule has 1 N–H and O–H groups in total. The van der Waals surface area contributed by atoms with Gasteiger partial charge in [-0.25, -0.2) is 0 Å². The van der Waals surface area contributed by atoms with Crippen LogP contribution in [0.15, 0.2) is 0 Å². The number of carbonyl (C=O) groups excluding carboxylic acids is 1. The van der Waals surface area contributed by atoms with Crippen molar-refractivity contribution >= 4 is 11.9 Å². The van der Waals surface area contributed by atoms with Crippen molar-refractivity contribution < 1.29 is 14.7 Å². The molecule has 16 heavy (non-hydrogen) atoms. The lowest BCUT2D eigenvalue weighted by molar-refractivity contribution is -0.149. The molecule has 0 radical (unpaired) electrons. The van der Waals surface area contributed by atoms with Crippen LogP contribution in [0, 0.1) is 11.8 Å². The third kappa shape index (κ3) is 2.54. The van der Waals surface area contributed by atoms with Crippen molar-refractivity contribution in [3.63, 3.8) is 0 Å². The van der Waals surface area contributed by atoms with E-state index in [2.05, 4.69) is 0 Å². The van der Waals surface area contributed by atoms with Crippen molar-refractivity contribution in [2.45, 2.75) is 38.5 Å². The van der Waals surface area contributed by atoms with E-state index >= 15 is 0 Å². The van der Waals surface area contributed by atoms with Gasteiger partial charge in [0.05, 0.1) is 5.92 Å². The highest BCUT2D eigenvalue weighted by Gasteiger charge is 2.30. The second-order valence-corrected chi connectivity index (χ2v) is 4.99. The SMILES string of the molecule is O=C(O)C1CCN(CCC2CCC2)C(=O)C1. The van der Waals surface area contributed by atoms with Crippen molar-refractivity contribution in [3.8, 4) is 0 Å². The van der Waals surface area contributed by atoms with Crippen LogP contribution in [0.4, 0.5) is 0 Å². The lowest BCUT2D eigenvalue weighted by atomic mass is 9.83. The molecule has 0 aromatic carbocycles. The third-order valence-corrected chi connectivity index (χ3v) is 3.90. The zero-order valence-electron chi connectivity index (χ0n) is 9.52. The zero-order chi connectivity index (χ0) is 11.5. The quantitative estimate of drug-likeness (QED) is 0.788. The van der Waals surface area contributed by atoms with Gasteiger partial charge in [-0.3, -0.25) is 9.59 Å². The highest BCUT2D eigenvalue weighted by Crippen LogP contribution is 2.30. The van der Waals surface area contributed by atoms with Gasteiger partial charge in [0, 0.05) is 19.5 Å². The van der Waals surface area contributed by atoms with Crippen LogP contribution in [0.2, 0.25) is 0 Å². The number of carboxylic acids is 1. The minimum absolute atomic E-state index is 0.0259. The number of nitrogens with zero attached hydrogens (tertiary/aromatic N) is 1. The van der Waals surface area contributed by atoms with Gasteiger partial charge < -0.3 is 10.0 Å². The lowest BCUT2D eigenvalue weighted by Gasteiger charge is -2.33. The Morgan fingerprint density at radius 3 is 2.62 bits per heavy atom. The summed E-state index contributed by atoms with van der Waals surface area (Å²) < 4.78 is 0. The summed E-state index contributed by atoms with van der Waals surface area (Å²) in [6, 6.07) is 0. The number of aliphatic carboxylic acids is 1. The van der Waals surface area contributed by atoms with Crippen molar-refractivity contribution in [2.75, 3.05) is 13.1 Å². The monoisotopic (exact) mass is 225 g/mol. The molecule has 1 saturated heterocycles. The van der Waals surface area contributed by atoms with Gasteiger partial charge in [0.15, 0.2) is 0 Å². The summed E-state index contributed by atoms with van der Waals surface area (Å²) in [5, 5.41) is 8.84. The van der Waals surface area contributed by atoms with Crippen LogP contribution in [0.1, 0.15) is 38.5 Å². The number of rotatable bonds is 4. The van der Waals surface area contributed by atoms with Crippen molar-refractivity contribution in [1.29, 1.82) is 0 Å². The molecule has 1 aliphatic heterocycles. The molecule has 1 heterocycles. The number of carboxylic acid groups (broad SMARTS) is 1. The summed E-state index contributed by atoms with van der Waals surface area (Å²) in [5.74, 6) is -0.442. The summed E-state index contributed by atoms with van der Waals surface area (Å²) in [6.07, 6.45) is 5.86. The Balaban J connectivity index is 1.75. The molecule has 4 heteroatoms. The summed E-state index contributed by atoms with van der Waals surface area (Å²) in [4.78, 5) is 24.3. The molecular weight excluding hydrogens is 206 g/mol. The topological polar surface area (TPSA) is 57.6 Å². The fourth-order valence-electron chi connectivity index (χ4n) is 2.45. The molecule has 1 aliphatic carbocycles. The lowest BCUT2D eigenvalue weighted by Crippen LogP contribution is -2.42. The first-order valence-corrected chi connectivity index (χ1v) is 6.17. The molecule has 0 aromatic rings. The predicted octanol–water partition coefficient (Wildman–Crippen LogP) is 1.50. The molecule has 1 saturated carbocycles. The summed E-state index contributed by atoms with van der Waals surface area (Å²) in [5.41, 5.74) is 0. The van der Waals surface area contributed by atoms with E-state index in [-0.39, 0.29) is 12.3 Å². The van der Waals surface area contributed by atoms with E-state index in [1.54, 1.807) is 0 Å². The average Bonchev–Trinajstić information content (AvgIpc) is 2.17. The maximum Gasteiger partial charge on any atom is 0.307 e. The highest BCUT2D eigenvalue weighted by molar-refractivity contribution is 5.83. The molecule has 90 valence electrons. The first kappa shape index (κ1) is 11.4. The molecule has 4 nitrogen and oxygen atoms in total. The Morgan fingerprint density at radius 1 is 1.38 bits per heavy atom. The Bertz CT molecular complexity index is 286. The van der Waals surface area contributed by atoms with Crippen LogP contribution >= 0.6 is 0 Å². The number of likely N-dealkylation sites (tertiary alicyclic amines) is 1. The van der Waals surface area contributed by atoms with E-state index in [1.807, 2.05) is 4.90 Å². The van der Waals surface area contributed by atoms with Crippen LogP contribution in [0.25, 0.3) is 0 Å². The van der Waals surface area contributed by atoms with Gasteiger partial charge in [0.1, 0.15) is 0 Å². The fraction of sp³-hybridized carbons (Fsp3) is 0.833. The third-order valence-electron chi connectivity index (χ3n) is 3.90. The second-order valence-electron chi connectivity index (χ2n) is 4.99. The van der Waals surface area contributed by atoms with Gasteiger partial charge in [0.25, 0.3) is 0 Å². The maximum absolute atomic E-state index is 11.7. The molecule has 1 atom stereocenters. The van der Waals surface area contributed by atoms with Crippen LogP contribution in [-0.4, -0.2) is 35.0 Å². The maximum atomic E-state index is 11.7. The molecule has 2 aliphatic rings. The van der Waals surface area contributed by atoms with E-state index in [9.17, 15) is 9.59 Å². The van der Waals surface area contributed by atoms with E-state index in [0.717, 1.165) is 18.9 Å². The summed E-state index contributed by atoms with van der Waals surface area (Å²) in [6.45, 7) is 1.46. The first-order valence-electron chi connectivity index (χ1n) is 6.17. The van der Waals surface area contributed by atoms with Crippen molar-refractivity contribution in [1.82, 2.24) is 4.90 Å². The number of piperidine rings is 1. The van der Waals surface area contributed by atoms with Gasteiger partial charge in [-0.05, 0) is 18.8 Å². The minimum Gasteiger partial charge on any atom is -0.481 e. The Labute approximate surface area is 95.6 Å². The van der Waals surface area contributed by atoms with E-state index in [4.69, 9.17) is 5.11 Å². The average molecular weight is 225 g/mol. The van der Waals surface area contributed by atoms with Gasteiger partial charge in [-0.15, -0.1) is 0 Å². The molecule has 1 unspecified atom stereocenters. The number of carbonyl (C=O) groups is 2. The summed E-state index contributed by atoms with van der Waals surface area (Å²) >= 11 is 0. The Morgan fingerprint density at radius 2 is 2.12 bits per heavy atom. The highest BCUT2D eigenvalue weighted by atomic mass is 16.4. The molecule has 1 amide bonds. The van der Waals surface area contributed by atoms with Crippen LogP contribution in [0.5, 0.6) is 0 Å². The standard InChI is InChI=1S/C12H19NO3/c14-11-8-10(12(15)16)5-7-13(11)6-4-9-2-1-3-9/h9-10H,1-8H2,(H,15,16). The van der Waals surface area contributed by atoms with E-state index in [1.165, 1.54) is 19.3 Å². The van der Waals surface area contributed by atoms with Gasteiger partial charge in [-0.2, -0.15) is 0 Å².